The molecule has 0 spiro atoms. The van der Waals surface area contributed by atoms with Gasteiger partial charge in [0.2, 0.25) is 5.88 Å². The second-order valence-corrected chi connectivity index (χ2v) is 5.60. The maximum absolute atomic E-state index is 11.1. The summed E-state index contributed by atoms with van der Waals surface area (Å²) in [5.74, 6) is -0.00599. The molecule has 1 aromatic heterocycles. The molecule has 7 nitrogen and oxygen atoms in total. The molecule has 1 N–H and O–H groups in total. The van der Waals surface area contributed by atoms with Gasteiger partial charge in [-0.3, -0.25) is 10.1 Å². The first-order chi connectivity index (χ1) is 11.5. The van der Waals surface area contributed by atoms with E-state index in [0.29, 0.717) is 5.69 Å². The number of benzene rings is 2. The number of nitrogens with zero attached hydrogens (tertiary/aromatic N) is 4. The van der Waals surface area contributed by atoms with Crippen molar-refractivity contribution in [3.63, 3.8) is 0 Å². The summed E-state index contributed by atoms with van der Waals surface area (Å²) in [5, 5.41) is 30.4. The van der Waals surface area contributed by atoms with Crippen molar-refractivity contribution in [2.24, 2.45) is 10.2 Å². The van der Waals surface area contributed by atoms with Crippen LogP contribution in [-0.2, 0) is 0 Å². The summed E-state index contributed by atoms with van der Waals surface area (Å²) in [5.41, 5.74) is 1.15. The zero-order valence-electron chi connectivity index (χ0n) is 13.2. The minimum Gasteiger partial charge on any atom is -0.493 e. The van der Waals surface area contributed by atoms with E-state index in [1.807, 2.05) is 38.1 Å². The predicted octanol–water partition coefficient (Wildman–Crippen LogP) is 5.25. The van der Waals surface area contributed by atoms with Crippen LogP contribution < -0.4 is 0 Å². The Labute approximate surface area is 138 Å². The molecule has 122 valence electrons. The van der Waals surface area contributed by atoms with Crippen LogP contribution in [0.1, 0.15) is 19.9 Å². The monoisotopic (exact) mass is 324 g/mol. The van der Waals surface area contributed by atoms with E-state index in [0.717, 1.165) is 10.9 Å². The number of hydrogen-bond donors (Lipinski definition) is 1. The molecule has 24 heavy (non-hydrogen) atoms. The van der Waals surface area contributed by atoms with Crippen LogP contribution in [0, 0.1) is 10.1 Å². The number of nitro benzene ring substituents is 1. The van der Waals surface area contributed by atoms with Gasteiger partial charge in [-0.2, -0.15) is 0 Å². The molecule has 1 heterocycles. The fourth-order valence-corrected chi connectivity index (χ4v) is 2.66. The quantitative estimate of drug-likeness (QED) is 0.403. The molecule has 0 bridgehead atoms. The van der Waals surface area contributed by atoms with Gasteiger partial charge in [0.1, 0.15) is 0 Å². The van der Waals surface area contributed by atoms with E-state index in [-0.39, 0.29) is 23.3 Å². The van der Waals surface area contributed by atoms with Gasteiger partial charge in [-0.05, 0) is 26.0 Å². The Hall–Kier alpha value is -3.22. The number of hydrogen-bond acceptors (Lipinski definition) is 5. The Morgan fingerprint density at radius 2 is 1.75 bits per heavy atom. The molecule has 0 saturated carbocycles. The molecule has 3 rings (SSSR count). The summed E-state index contributed by atoms with van der Waals surface area (Å²) >= 11 is 0. The molecule has 0 aliphatic heterocycles. The Kier molecular flexibility index (Phi) is 3.99. The fraction of sp³-hybridized carbons (Fsp3) is 0.176. The minimum atomic E-state index is -0.508. The summed E-state index contributed by atoms with van der Waals surface area (Å²) in [4.78, 5) is 10.5. The van der Waals surface area contributed by atoms with Crippen LogP contribution in [-0.4, -0.2) is 14.6 Å². The van der Waals surface area contributed by atoms with Crippen molar-refractivity contribution in [2.75, 3.05) is 0 Å². The number of rotatable bonds is 4. The summed E-state index contributed by atoms with van der Waals surface area (Å²) in [6.07, 6.45) is 0. The number of fused-ring (bicyclic) bond motifs is 1. The van der Waals surface area contributed by atoms with Crippen LogP contribution >= 0.6 is 0 Å². The first-order valence-corrected chi connectivity index (χ1v) is 7.47. The number of nitro groups is 1. The highest BCUT2D eigenvalue weighted by molar-refractivity contribution is 5.95. The van der Waals surface area contributed by atoms with Gasteiger partial charge in [0.05, 0.1) is 10.4 Å². The predicted molar refractivity (Wildman–Crippen MR) is 91.3 cm³/mol. The van der Waals surface area contributed by atoms with Crippen LogP contribution in [0.2, 0.25) is 0 Å². The summed E-state index contributed by atoms with van der Waals surface area (Å²) in [7, 11) is 0. The molecule has 0 saturated heterocycles. The van der Waals surface area contributed by atoms with Crippen LogP contribution in [0.3, 0.4) is 0 Å². The molecule has 0 amide bonds. The topological polar surface area (TPSA) is 93.0 Å². The number of azo groups is 1. The van der Waals surface area contributed by atoms with Gasteiger partial charge in [0.25, 0.3) is 5.69 Å². The minimum absolute atomic E-state index is 0.00599. The van der Waals surface area contributed by atoms with Gasteiger partial charge in [0, 0.05) is 17.5 Å². The van der Waals surface area contributed by atoms with E-state index in [2.05, 4.69) is 10.2 Å². The summed E-state index contributed by atoms with van der Waals surface area (Å²) < 4.78 is 1.75. The van der Waals surface area contributed by atoms with Crippen molar-refractivity contribution >= 4 is 28.0 Å². The second kappa shape index (κ2) is 6.11. The first-order valence-electron chi connectivity index (χ1n) is 7.47. The Bertz CT molecular complexity index is 944. The molecular weight excluding hydrogens is 308 g/mol. The molecule has 0 aliphatic rings. The maximum Gasteiger partial charge on any atom is 0.296 e. The largest absolute Gasteiger partial charge is 0.493 e. The van der Waals surface area contributed by atoms with Crippen LogP contribution in [0.25, 0.3) is 10.9 Å². The highest BCUT2D eigenvalue weighted by Crippen LogP contribution is 2.41. The zero-order chi connectivity index (χ0) is 17.3. The van der Waals surface area contributed by atoms with Crippen molar-refractivity contribution in [1.29, 1.82) is 0 Å². The van der Waals surface area contributed by atoms with Gasteiger partial charge in [-0.15, -0.1) is 10.2 Å². The maximum atomic E-state index is 11.1. The van der Waals surface area contributed by atoms with Crippen LogP contribution in [0.5, 0.6) is 5.88 Å². The van der Waals surface area contributed by atoms with E-state index in [1.54, 1.807) is 16.7 Å². The summed E-state index contributed by atoms with van der Waals surface area (Å²) in [6.45, 7) is 3.91. The molecular formula is C17H16N4O3. The highest BCUT2D eigenvalue weighted by Gasteiger charge is 2.18. The zero-order valence-corrected chi connectivity index (χ0v) is 13.2. The Morgan fingerprint density at radius 3 is 2.46 bits per heavy atom. The molecule has 0 unspecified atom stereocenters. The molecule has 2 aromatic carbocycles. The highest BCUT2D eigenvalue weighted by atomic mass is 16.6. The molecule has 0 radical (unpaired) electrons. The number of aromatic nitrogens is 1. The third-order valence-electron chi connectivity index (χ3n) is 3.71. The fourth-order valence-electron chi connectivity index (χ4n) is 2.66. The Balaban J connectivity index is 2.15. The lowest BCUT2D eigenvalue weighted by Crippen LogP contribution is -1.98. The molecule has 0 aliphatic carbocycles. The average molecular weight is 324 g/mol. The van der Waals surface area contributed by atoms with Gasteiger partial charge in [0.15, 0.2) is 11.4 Å². The van der Waals surface area contributed by atoms with E-state index in [9.17, 15) is 15.2 Å². The molecule has 3 aromatic rings. The van der Waals surface area contributed by atoms with Gasteiger partial charge in [-0.25, -0.2) is 0 Å². The number of para-hydroxylation sites is 2. The lowest BCUT2D eigenvalue weighted by molar-refractivity contribution is -0.384. The SMILES string of the molecule is CC(C)n1c(O)c(N=Nc2ccccc2[N+](=O)[O-])c2ccccc21. The first kappa shape index (κ1) is 15.7. The normalized spacial score (nSPS) is 11.6. The average Bonchev–Trinajstić information content (AvgIpc) is 2.84. The lowest BCUT2D eigenvalue weighted by Gasteiger charge is -2.10. The van der Waals surface area contributed by atoms with E-state index < -0.39 is 4.92 Å². The van der Waals surface area contributed by atoms with Crippen molar-refractivity contribution in [1.82, 2.24) is 4.57 Å². The van der Waals surface area contributed by atoms with Crippen LogP contribution in [0.4, 0.5) is 17.1 Å². The molecule has 7 heteroatoms. The molecule has 0 atom stereocenters. The van der Waals surface area contributed by atoms with Crippen LogP contribution in [0.15, 0.2) is 58.8 Å². The van der Waals surface area contributed by atoms with Crippen molar-refractivity contribution in [3.05, 3.63) is 58.6 Å². The number of aromatic hydroxyl groups is 1. The summed E-state index contributed by atoms with van der Waals surface area (Å²) in [6, 6.07) is 13.6. The van der Waals surface area contributed by atoms with E-state index in [4.69, 9.17) is 0 Å². The molecule has 0 fully saturated rings. The third kappa shape index (κ3) is 2.60. The van der Waals surface area contributed by atoms with E-state index in [1.165, 1.54) is 12.1 Å². The van der Waals surface area contributed by atoms with Crippen molar-refractivity contribution in [3.8, 4) is 5.88 Å². The van der Waals surface area contributed by atoms with Gasteiger partial charge in [-0.1, -0.05) is 30.3 Å². The lowest BCUT2D eigenvalue weighted by atomic mass is 10.2. The van der Waals surface area contributed by atoms with Crippen molar-refractivity contribution in [2.45, 2.75) is 19.9 Å². The van der Waals surface area contributed by atoms with Crippen molar-refractivity contribution < 1.29 is 10.0 Å². The standard InChI is InChI=1S/C17H16N4O3/c1-11(2)20-14-9-5-3-7-12(14)16(17(20)22)19-18-13-8-4-6-10-15(13)21(23)24/h3-11,22H,1-2H3. The second-order valence-electron chi connectivity index (χ2n) is 5.60. The smallest absolute Gasteiger partial charge is 0.296 e. The third-order valence-corrected chi connectivity index (χ3v) is 3.71. The Morgan fingerprint density at radius 1 is 1.08 bits per heavy atom. The van der Waals surface area contributed by atoms with E-state index >= 15 is 0 Å². The van der Waals surface area contributed by atoms with Gasteiger partial charge >= 0.3 is 0 Å². The van der Waals surface area contributed by atoms with Gasteiger partial charge < -0.3 is 9.67 Å².